The first-order valence-electron chi connectivity index (χ1n) is 8.34. The van der Waals surface area contributed by atoms with Gasteiger partial charge in [0.1, 0.15) is 17.3 Å². The van der Waals surface area contributed by atoms with Crippen LogP contribution in [-0.2, 0) is 17.8 Å². The van der Waals surface area contributed by atoms with Gasteiger partial charge in [-0.1, -0.05) is 23.5 Å². The summed E-state index contributed by atoms with van der Waals surface area (Å²) in [6.07, 6.45) is 1.55. The van der Waals surface area contributed by atoms with Crippen molar-refractivity contribution in [3.63, 3.8) is 0 Å². The zero-order valence-corrected chi connectivity index (χ0v) is 16.2. The van der Waals surface area contributed by atoms with Gasteiger partial charge in [0, 0.05) is 24.2 Å². The van der Waals surface area contributed by atoms with Gasteiger partial charge in [-0.25, -0.2) is 8.78 Å². The van der Waals surface area contributed by atoms with Crippen LogP contribution in [0.2, 0.25) is 0 Å². The number of hydrogen-bond donors (Lipinski definition) is 0. The Labute approximate surface area is 164 Å². The standard InChI is InChI=1S/C20H18F2N2O3S/c1-4-7-24-19-15(22)9-13(21)10-17(19)28-20(24)23-18(25)8-12-5-6-14(26-2)11-16(12)27-3/h4-6,9-11H,1,7-8H2,2-3H3. The summed E-state index contributed by atoms with van der Waals surface area (Å²) in [6.45, 7) is 3.89. The molecule has 0 N–H and O–H groups in total. The molecule has 0 atom stereocenters. The van der Waals surface area contributed by atoms with Crippen LogP contribution in [0.5, 0.6) is 11.5 Å². The number of hydrogen-bond acceptors (Lipinski definition) is 4. The lowest BCUT2D eigenvalue weighted by Gasteiger charge is -2.08. The van der Waals surface area contributed by atoms with Crippen molar-refractivity contribution in [3.05, 3.63) is 65.0 Å². The minimum Gasteiger partial charge on any atom is -0.497 e. The molecule has 0 aliphatic heterocycles. The quantitative estimate of drug-likeness (QED) is 0.587. The molecule has 2 aromatic carbocycles. The van der Waals surface area contributed by atoms with Crippen molar-refractivity contribution in [3.8, 4) is 11.5 Å². The van der Waals surface area contributed by atoms with Crippen LogP contribution in [0, 0.1) is 11.6 Å². The fourth-order valence-corrected chi connectivity index (χ4v) is 3.92. The van der Waals surface area contributed by atoms with Crippen LogP contribution in [0.1, 0.15) is 5.56 Å². The third kappa shape index (κ3) is 3.96. The molecule has 0 aliphatic carbocycles. The van der Waals surface area contributed by atoms with Crippen molar-refractivity contribution < 1.29 is 23.0 Å². The molecule has 146 valence electrons. The topological polar surface area (TPSA) is 52.8 Å². The van der Waals surface area contributed by atoms with E-state index < -0.39 is 17.5 Å². The molecule has 0 fully saturated rings. The average molecular weight is 404 g/mol. The van der Waals surface area contributed by atoms with Crippen molar-refractivity contribution in [2.24, 2.45) is 4.99 Å². The lowest BCUT2D eigenvalue weighted by Crippen LogP contribution is -2.17. The largest absolute Gasteiger partial charge is 0.497 e. The molecule has 0 aliphatic rings. The van der Waals surface area contributed by atoms with E-state index in [-0.39, 0.29) is 23.3 Å². The highest BCUT2D eigenvalue weighted by atomic mass is 32.1. The van der Waals surface area contributed by atoms with Crippen molar-refractivity contribution in [2.45, 2.75) is 13.0 Å². The van der Waals surface area contributed by atoms with Gasteiger partial charge in [0.25, 0.3) is 5.91 Å². The average Bonchev–Trinajstić information content (AvgIpc) is 2.99. The zero-order valence-electron chi connectivity index (χ0n) is 15.4. The maximum absolute atomic E-state index is 14.3. The zero-order chi connectivity index (χ0) is 20.3. The molecule has 3 aromatic rings. The second-order valence-electron chi connectivity index (χ2n) is 5.88. The summed E-state index contributed by atoms with van der Waals surface area (Å²) in [4.78, 5) is 16.9. The Kier molecular flexibility index (Phi) is 5.89. The lowest BCUT2D eigenvalue weighted by molar-refractivity contribution is -0.117. The minimum absolute atomic E-state index is 0.00759. The van der Waals surface area contributed by atoms with E-state index in [2.05, 4.69) is 11.6 Å². The Balaban J connectivity index is 2.02. The first-order valence-corrected chi connectivity index (χ1v) is 9.16. The molecular weight excluding hydrogens is 386 g/mol. The summed E-state index contributed by atoms with van der Waals surface area (Å²) in [5, 5.41) is 0. The molecular formula is C20H18F2N2O3S. The summed E-state index contributed by atoms with van der Waals surface area (Å²) in [5.41, 5.74) is 0.838. The molecule has 0 radical (unpaired) electrons. The van der Waals surface area contributed by atoms with Gasteiger partial charge in [-0.2, -0.15) is 4.99 Å². The van der Waals surface area contributed by atoms with Crippen LogP contribution in [0.15, 0.2) is 48.0 Å². The van der Waals surface area contributed by atoms with E-state index in [9.17, 15) is 13.6 Å². The van der Waals surface area contributed by atoms with E-state index in [1.54, 1.807) is 24.3 Å². The molecule has 5 nitrogen and oxygen atoms in total. The number of rotatable bonds is 6. The fraction of sp³-hybridized carbons (Fsp3) is 0.200. The minimum atomic E-state index is -0.709. The third-order valence-corrected chi connectivity index (χ3v) is 5.09. The molecule has 0 unspecified atom stereocenters. The van der Waals surface area contributed by atoms with E-state index in [1.807, 2.05) is 0 Å². The van der Waals surface area contributed by atoms with Gasteiger partial charge >= 0.3 is 0 Å². The number of nitrogens with zero attached hydrogens (tertiary/aromatic N) is 2. The van der Waals surface area contributed by atoms with E-state index in [1.165, 1.54) is 24.9 Å². The molecule has 1 heterocycles. The SMILES string of the molecule is C=CCn1c(=NC(=O)Cc2ccc(OC)cc2OC)sc2cc(F)cc(F)c21. The van der Waals surface area contributed by atoms with E-state index in [0.29, 0.717) is 21.8 Å². The summed E-state index contributed by atoms with van der Waals surface area (Å²) in [5.74, 6) is -0.715. The van der Waals surface area contributed by atoms with Crippen molar-refractivity contribution >= 4 is 27.5 Å². The molecule has 0 bridgehead atoms. The predicted octanol–water partition coefficient (Wildman–Crippen LogP) is 3.85. The second kappa shape index (κ2) is 8.35. The lowest BCUT2D eigenvalue weighted by atomic mass is 10.1. The van der Waals surface area contributed by atoms with Gasteiger partial charge in [0.15, 0.2) is 10.6 Å². The number of methoxy groups -OCH3 is 2. The summed E-state index contributed by atoms with van der Waals surface area (Å²) < 4.78 is 40.1. The van der Waals surface area contributed by atoms with Gasteiger partial charge in [0.05, 0.1) is 30.9 Å². The molecule has 1 amide bonds. The number of benzene rings is 2. The molecule has 0 saturated heterocycles. The summed E-state index contributed by atoms with van der Waals surface area (Å²) >= 11 is 1.04. The summed E-state index contributed by atoms with van der Waals surface area (Å²) in [7, 11) is 3.04. The Bertz CT molecular complexity index is 1120. The number of thiazole rings is 1. The number of aromatic nitrogens is 1. The smallest absolute Gasteiger partial charge is 0.252 e. The first kappa shape index (κ1) is 19.8. The molecule has 1 aromatic heterocycles. The Morgan fingerprint density at radius 1 is 1.25 bits per heavy atom. The van der Waals surface area contributed by atoms with Gasteiger partial charge < -0.3 is 14.0 Å². The number of fused-ring (bicyclic) bond motifs is 1. The highest BCUT2D eigenvalue weighted by Crippen LogP contribution is 2.25. The Hall–Kier alpha value is -3.00. The van der Waals surface area contributed by atoms with Gasteiger partial charge in [-0.15, -0.1) is 6.58 Å². The maximum Gasteiger partial charge on any atom is 0.252 e. The van der Waals surface area contributed by atoms with Crippen LogP contribution in [0.4, 0.5) is 8.78 Å². The molecule has 0 saturated carbocycles. The molecule has 28 heavy (non-hydrogen) atoms. The van der Waals surface area contributed by atoms with Crippen LogP contribution in [-0.4, -0.2) is 24.7 Å². The maximum atomic E-state index is 14.3. The number of carbonyl (C=O) groups is 1. The second-order valence-corrected chi connectivity index (χ2v) is 6.89. The molecule has 8 heteroatoms. The number of carbonyl (C=O) groups excluding carboxylic acids is 1. The highest BCUT2D eigenvalue weighted by molar-refractivity contribution is 7.16. The van der Waals surface area contributed by atoms with Crippen LogP contribution in [0.3, 0.4) is 0 Å². The van der Waals surface area contributed by atoms with Crippen molar-refractivity contribution in [1.29, 1.82) is 0 Å². The Morgan fingerprint density at radius 3 is 2.71 bits per heavy atom. The third-order valence-electron chi connectivity index (χ3n) is 4.06. The van der Waals surface area contributed by atoms with E-state index >= 15 is 0 Å². The molecule has 3 rings (SSSR count). The van der Waals surface area contributed by atoms with E-state index in [4.69, 9.17) is 9.47 Å². The molecule has 0 spiro atoms. The van der Waals surface area contributed by atoms with Gasteiger partial charge in [0.2, 0.25) is 0 Å². The fourth-order valence-electron chi connectivity index (χ4n) is 2.82. The van der Waals surface area contributed by atoms with Crippen LogP contribution >= 0.6 is 11.3 Å². The van der Waals surface area contributed by atoms with E-state index in [0.717, 1.165) is 17.4 Å². The number of allylic oxidation sites excluding steroid dienone is 1. The van der Waals surface area contributed by atoms with Gasteiger partial charge in [-0.05, 0) is 12.1 Å². The normalized spacial score (nSPS) is 11.6. The number of halogens is 2. The number of ether oxygens (including phenoxy) is 2. The van der Waals surface area contributed by atoms with Gasteiger partial charge in [-0.3, -0.25) is 4.79 Å². The van der Waals surface area contributed by atoms with Crippen molar-refractivity contribution in [2.75, 3.05) is 14.2 Å². The highest BCUT2D eigenvalue weighted by Gasteiger charge is 2.14. The first-order chi connectivity index (χ1) is 13.5. The van der Waals surface area contributed by atoms with Crippen LogP contribution < -0.4 is 14.3 Å². The summed E-state index contributed by atoms with van der Waals surface area (Å²) in [6, 6.07) is 7.16. The number of amides is 1. The van der Waals surface area contributed by atoms with Crippen molar-refractivity contribution in [1.82, 2.24) is 4.57 Å². The predicted molar refractivity (Wildman–Crippen MR) is 104 cm³/mol. The van der Waals surface area contributed by atoms with Crippen LogP contribution in [0.25, 0.3) is 10.2 Å². The Morgan fingerprint density at radius 2 is 2.04 bits per heavy atom. The monoisotopic (exact) mass is 404 g/mol.